The topological polar surface area (TPSA) is 245 Å². The molecular weight excluding hydrogens is 720 g/mol. The second-order valence-corrected chi connectivity index (χ2v) is 13.3. The van der Waals surface area contributed by atoms with E-state index in [1.54, 1.807) is 38.4 Å². The number of rotatable bonds is 19. The van der Waals surface area contributed by atoms with E-state index in [9.17, 15) is 39.6 Å². The van der Waals surface area contributed by atoms with Crippen molar-refractivity contribution < 1.29 is 39.6 Å². The third-order valence-electron chi connectivity index (χ3n) is 9.64. The highest BCUT2D eigenvalue weighted by atomic mass is 16.3. The minimum absolute atomic E-state index is 0.123. The Labute approximate surface area is 323 Å². The van der Waals surface area contributed by atoms with E-state index in [2.05, 4.69) is 42.5 Å². The number of phenolic OH excluding ortho intramolecular Hbond substituents is 4. The predicted octanol–water partition coefficient (Wildman–Crippen LogP) is 2.03. The van der Waals surface area contributed by atoms with Gasteiger partial charge in [0.1, 0.15) is 23.0 Å². The number of aromatic hydroxyl groups is 4. The van der Waals surface area contributed by atoms with Crippen molar-refractivity contribution in [3.8, 4) is 23.0 Å². The van der Waals surface area contributed by atoms with Crippen LogP contribution in [-0.4, -0.2) is 123 Å². The van der Waals surface area contributed by atoms with Gasteiger partial charge in [0.15, 0.2) is 0 Å². The second-order valence-electron chi connectivity index (χ2n) is 13.3. The van der Waals surface area contributed by atoms with Crippen LogP contribution in [0, 0.1) is 0 Å². The van der Waals surface area contributed by atoms with E-state index in [0.717, 1.165) is 0 Å². The highest BCUT2D eigenvalue weighted by Crippen LogP contribution is 2.44. The molecule has 12 N–H and O–H groups in total. The van der Waals surface area contributed by atoms with Gasteiger partial charge >= 0.3 is 0 Å². The van der Waals surface area contributed by atoms with Gasteiger partial charge in [0, 0.05) is 88.2 Å². The number of benzene rings is 4. The van der Waals surface area contributed by atoms with Crippen LogP contribution in [0.3, 0.4) is 0 Å². The van der Waals surface area contributed by atoms with E-state index in [1.165, 1.54) is 24.3 Å². The lowest BCUT2D eigenvalue weighted by Crippen LogP contribution is -2.33. The Hall–Kier alpha value is -6.20. The molecule has 16 nitrogen and oxygen atoms in total. The Morgan fingerprint density at radius 3 is 0.821 bits per heavy atom. The molecule has 294 valence electrons. The van der Waals surface area contributed by atoms with Crippen molar-refractivity contribution in [2.45, 2.75) is 0 Å². The molecule has 4 aromatic carbocycles. The first-order chi connectivity index (χ1) is 27.1. The first-order valence-corrected chi connectivity index (χ1v) is 18.4. The van der Waals surface area contributed by atoms with Crippen LogP contribution in [0.2, 0.25) is 0 Å². The van der Waals surface area contributed by atoms with E-state index in [0.29, 0.717) is 88.2 Å². The first kappa shape index (κ1) is 39.5. The number of ketones is 4. The normalized spacial score (nSPS) is 12.8. The summed E-state index contributed by atoms with van der Waals surface area (Å²) in [5.74, 6) is -3.77. The summed E-state index contributed by atoms with van der Waals surface area (Å²) in [6, 6.07) is 11.6. The number of fused-ring (bicyclic) bond motifs is 4. The van der Waals surface area contributed by atoms with Crippen LogP contribution in [0.25, 0.3) is 0 Å². The van der Waals surface area contributed by atoms with Gasteiger partial charge in [-0.2, -0.15) is 0 Å². The highest BCUT2D eigenvalue weighted by Gasteiger charge is 2.39. The van der Waals surface area contributed by atoms with Crippen molar-refractivity contribution in [3.63, 3.8) is 0 Å². The van der Waals surface area contributed by atoms with Crippen LogP contribution in [0.4, 0.5) is 22.7 Å². The standard InChI is InChI=1S/C40H46N8O8/c1-41-11-17-45-21-3-5-23(31-29(21)37(53)33-25(49)7-9-27(51)35(33)39(31)55)47-19-15-43-13-14-44-16-20-48-24-6-4-22(46-18-12-42-2)30-32(24)40(56)36-28(52)10-8-26(50)34(36)38(30)54/h3-10,41-52H,11-20H2,1-2H3. The van der Waals surface area contributed by atoms with Crippen molar-refractivity contribution in [1.82, 2.24) is 21.3 Å². The van der Waals surface area contributed by atoms with Crippen LogP contribution < -0.4 is 42.5 Å². The van der Waals surface area contributed by atoms with Gasteiger partial charge in [-0.05, 0) is 62.6 Å². The molecule has 0 bridgehead atoms. The monoisotopic (exact) mass is 766 g/mol. The van der Waals surface area contributed by atoms with Crippen LogP contribution in [0.5, 0.6) is 23.0 Å². The van der Waals surface area contributed by atoms with E-state index < -0.39 is 23.1 Å². The molecule has 0 atom stereocenters. The maximum absolute atomic E-state index is 13.7. The highest BCUT2D eigenvalue weighted by molar-refractivity contribution is 6.34. The lowest BCUT2D eigenvalue weighted by Gasteiger charge is -2.25. The summed E-state index contributed by atoms with van der Waals surface area (Å²) < 4.78 is 0. The molecule has 0 saturated carbocycles. The summed E-state index contributed by atoms with van der Waals surface area (Å²) in [6.07, 6.45) is 0. The summed E-state index contributed by atoms with van der Waals surface area (Å²) in [7, 11) is 3.60. The maximum atomic E-state index is 13.7. The molecule has 0 radical (unpaired) electrons. The zero-order valence-corrected chi connectivity index (χ0v) is 31.1. The SMILES string of the molecule is CNCCNc1ccc(NCCNCCNCCNc2ccc(NCCNC)c3c2C(=O)c2c(O)ccc(O)c2C3=O)c2c1C(=O)c1c(O)ccc(O)c1C2=O. The van der Waals surface area contributed by atoms with Crippen molar-refractivity contribution in [2.24, 2.45) is 0 Å². The molecule has 0 amide bonds. The summed E-state index contributed by atoms with van der Waals surface area (Å²) in [5, 5.41) is 67.5. The number of carbonyl (C=O) groups excluding carboxylic acids is 4. The van der Waals surface area contributed by atoms with Crippen LogP contribution in [0.1, 0.15) is 63.7 Å². The fourth-order valence-electron chi connectivity index (χ4n) is 6.96. The molecule has 16 heteroatoms. The maximum Gasteiger partial charge on any atom is 0.200 e. The summed E-state index contributed by atoms with van der Waals surface area (Å²) in [4.78, 5) is 54.8. The fourth-order valence-corrected chi connectivity index (χ4v) is 6.96. The van der Waals surface area contributed by atoms with E-state index in [-0.39, 0.29) is 67.5 Å². The van der Waals surface area contributed by atoms with Gasteiger partial charge in [-0.15, -0.1) is 0 Å². The van der Waals surface area contributed by atoms with Gasteiger partial charge in [0.25, 0.3) is 0 Å². The minimum Gasteiger partial charge on any atom is -0.507 e. The van der Waals surface area contributed by atoms with Gasteiger partial charge in [-0.3, -0.25) is 19.2 Å². The van der Waals surface area contributed by atoms with Crippen molar-refractivity contribution >= 4 is 45.9 Å². The average Bonchev–Trinajstić information content (AvgIpc) is 3.18. The first-order valence-electron chi connectivity index (χ1n) is 18.4. The van der Waals surface area contributed by atoms with Gasteiger partial charge in [-0.25, -0.2) is 0 Å². The van der Waals surface area contributed by atoms with Gasteiger partial charge in [0.05, 0.1) is 44.5 Å². The molecule has 0 aromatic heterocycles. The lowest BCUT2D eigenvalue weighted by molar-refractivity contribution is 0.0975. The fraction of sp³-hybridized carbons (Fsp3) is 0.300. The van der Waals surface area contributed by atoms with Crippen molar-refractivity contribution in [2.75, 3.05) is 101 Å². The number of hydrogen-bond acceptors (Lipinski definition) is 16. The Morgan fingerprint density at radius 2 is 0.571 bits per heavy atom. The Morgan fingerprint density at radius 1 is 0.339 bits per heavy atom. The molecule has 6 rings (SSSR count). The van der Waals surface area contributed by atoms with Gasteiger partial charge in [0.2, 0.25) is 23.1 Å². The predicted molar refractivity (Wildman–Crippen MR) is 214 cm³/mol. The Balaban J connectivity index is 1.03. The summed E-state index contributed by atoms with van der Waals surface area (Å²) in [5.41, 5.74) is 1.37. The smallest absolute Gasteiger partial charge is 0.200 e. The van der Waals surface area contributed by atoms with Crippen LogP contribution in [0.15, 0.2) is 48.5 Å². The molecular formula is C40H46N8O8. The van der Waals surface area contributed by atoms with Crippen molar-refractivity contribution in [3.05, 3.63) is 93.0 Å². The third-order valence-corrected chi connectivity index (χ3v) is 9.64. The number of phenols is 4. The quantitative estimate of drug-likeness (QED) is 0.0417. The van der Waals surface area contributed by atoms with E-state index in [4.69, 9.17) is 0 Å². The van der Waals surface area contributed by atoms with Gasteiger partial charge in [-0.1, -0.05) is 0 Å². The Bertz CT molecular complexity index is 2040. The second kappa shape index (κ2) is 17.5. The van der Waals surface area contributed by atoms with E-state index in [1.807, 2.05) is 0 Å². The number of carbonyl (C=O) groups is 4. The molecule has 0 aliphatic heterocycles. The molecule has 2 aliphatic carbocycles. The Kier molecular flexibility index (Phi) is 12.3. The number of likely N-dealkylation sites (N-methyl/N-ethyl adjacent to an activating group) is 2. The lowest BCUT2D eigenvalue weighted by atomic mass is 9.81. The third kappa shape index (κ3) is 7.67. The molecule has 0 unspecified atom stereocenters. The molecule has 0 heterocycles. The van der Waals surface area contributed by atoms with Crippen LogP contribution >= 0.6 is 0 Å². The number of nitrogens with one attached hydrogen (secondary N) is 8. The number of anilines is 4. The largest absolute Gasteiger partial charge is 0.507 e. The zero-order valence-electron chi connectivity index (χ0n) is 31.1. The molecule has 4 aromatic rings. The van der Waals surface area contributed by atoms with Gasteiger partial charge < -0.3 is 63.0 Å². The minimum atomic E-state index is -0.565. The molecule has 0 spiro atoms. The average molecular weight is 767 g/mol. The van der Waals surface area contributed by atoms with Crippen molar-refractivity contribution in [1.29, 1.82) is 0 Å². The van der Waals surface area contributed by atoms with Crippen LogP contribution in [-0.2, 0) is 0 Å². The summed E-state index contributed by atoms with van der Waals surface area (Å²) in [6.45, 7) is 5.25. The molecule has 56 heavy (non-hydrogen) atoms. The van der Waals surface area contributed by atoms with E-state index >= 15 is 0 Å². The molecule has 2 aliphatic rings. The number of hydrogen-bond donors (Lipinski definition) is 12. The summed E-state index contributed by atoms with van der Waals surface area (Å²) >= 11 is 0. The molecule has 0 saturated heterocycles. The zero-order chi connectivity index (χ0) is 39.9. The molecule has 0 fully saturated rings.